The average Bonchev–Trinajstić information content (AvgIpc) is 2.73. The Morgan fingerprint density at radius 2 is 1.81 bits per heavy atom. The molecule has 0 aliphatic carbocycles. The summed E-state index contributed by atoms with van der Waals surface area (Å²) >= 11 is 0. The predicted molar refractivity (Wildman–Crippen MR) is 58.8 cm³/mol. The van der Waals surface area contributed by atoms with Crippen molar-refractivity contribution in [2.75, 3.05) is 0 Å². The minimum Gasteiger partial charge on any atom is -0.213 e. The molecular weight excluding hydrogens is 205 g/mol. The van der Waals surface area contributed by atoms with Gasteiger partial charge in [-0.2, -0.15) is 0 Å². The number of nitrogens with zero attached hydrogens (tertiary/aromatic N) is 3. The zero-order valence-corrected chi connectivity index (χ0v) is 8.34. The molecule has 4 heteroatoms. The summed E-state index contributed by atoms with van der Waals surface area (Å²) in [6.07, 6.45) is 0. The number of hydrogen-bond acceptors (Lipinski definition) is 2. The van der Waals surface area contributed by atoms with Crippen molar-refractivity contribution < 1.29 is 4.39 Å². The molecule has 0 atom stereocenters. The van der Waals surface area contributed by atoms with Crippen LogP contribution in [0.3, 0.4) is 0 Å². The van der Waals surface area contributed by atoms with Gasteiger partial charge in [-0.1, -0.05) is 23.4 Å². The highest BCUT2D eigenvalue weighted by Gasteiger charge is 2.06. The summed E-state index contributed by atoms with van der Waals surface area (Å²) in [6.45, 7) is 0. The molecule has 1 heterocycles. The lowest BCUT2D eigenvalue weighted by atomic mass is 10.3. The van der Waals surface area contributed by atoms with E-state index >= 15 is 0 Å². The first-order chi connectivity index (χ1) is 7.84. The highest BCUT2D eigenvalue weighted by Crippen LogP contribution is 2.16. The molecule has 3 aromatic rings. The van der Waals surface area contributed by atoms with Crippen LogP contribution in [0.25, 0.3) is 16.7 Å². The number of rotatable bonds is 1. The van der Waals surface area contributed by atoms with E-state index < -0.39 is 0 Å². The summed E-state index contributed by atoms with van der Waals surface area (Å²) < 4.78 is 14.8. The molecule has 3 nitrogen and oxygen atoms in total. The zero-order chi connectivity index (χ0) is 11.0. The minimum absolute atomic E-state index is 0.285. The van der Waals surface area contributed by atoms with Crippen molar-refractivity contribution in [3.63, 3.8) is 0 Å². The van der Waals surface area contributed by atoms with Crippen LogP contribution < -0.4 is 0 Å². The standard InChI is InChI=1S/C12H8FN3/c13-9-6-7-11-12(8-9)16(15-14-11)10-4-2-1-3-5-10/h1-8H. The second-order valence-corrected chi connectivity index (χ2v) is 3.47. The van der Waals surface area contributed by atoms with Crippen LogP contribution in [0.2, 0.25) is 0 Å². The lowest BCUT2D eigenvalue weighted by Gasteiger charge is -2.00. The van der Waals surface area contributed by atoms with E-state index in [2.05, 4.69) is 10.3 Å². The fourth-order valence-electron chi connectivity index (χ4n) is 1.65. The molecular formula is C12H8FN3. The first kappa shape index (κ1) is 9.03. The van der Waals surface area contributed by atoms with Gasteiger partial charge in [0.25, 0.3) is 0 Å². The second-order valence-electron chi connectivity index (χ2n) is 3.47. The van der Waals surface area contributed by atoms with Crippen LogP contribution in [0.5, 0.6) is 0 Å². The van der Waals surface area contributed by atoms with E-state index in [4.69, 9.17) is 0 Å². The maximum atomic E-state index is 13.1. The Hall–Kier alpha value is -2.23. The maximum absolute atomic E-state index is 13.1. The molecule has 0 aliphatic rings. The van der Waals surface area contributed by atoms with Crippen molar-refractivity contribution in [2.24, 2.45) is 0 Å². The van der Waals surface area contributed by atoms with Gasteiger partial charge in [-0.15, -0.1) is 5.10 Å². The van der Waals surface area contributed by atoms with Gasteiger partial charge >= 0.3 is 0 Å². The molecule has 0 fully saturated rings. The molecule has 0 radical (unpaired) electrons. The first-order valence-corrected chi connectivity index (χ1v) is 4.91. The van der Waals surface area contributed by atoms with Crippen molar-refractivity contribution in [3.05, 3.63) is 54.3 Å². The Bertz CT molecular complexity index is 631. The molecule has 0 amide bonds. The molecule has 0 aliphatic heterocycles. The highest BCUT2D eigenvalue weighted by molar-refractivity contribution is 5.76. The van der Waals surface area contributed by atoms with Crippen molar-refractivity contribution in [3.8, 4) is 5.69 Å². The van der Waals surface area contributed by atoms with Gasteiger partial charge in [-0.25, -0.2) is 9.07 Å². The van der Waals surface area contributed by atoms with Gasteiger partial charge in [0, 0.05) is 6.07 Å². The molecule has 16 heavy (non-hydrogen) atoms. The number of halogens is 1. The SMILES string of the molecule is Fc1ccc2nnn(-c3ccccc3)c2c1. The Morgan fingerprint density at radius 1 is 1.00 bits per heavy atom. The Kier molecular flexibility index (Phi) is 1.93. The van der Waals surface area contributed by atoms with Gasteiger partial charge in [0.1, 0.15) is 11.3 Å². The number of benzene rings is 2. The van der Waals surface area contributed by atoms with E-state index in [1.54, 1.807) is 10.7 Å². The van der Waals surface area contributed by atoms with Crippen molar-refractivity contribution >= 4 is 11.0 Å². The molecule has 0 spiro atoms. The van der Waals surface area contributed by atoms with Crippen molar-refractivity contribution in [1.29, 1.82) is 0 Å². The Morgan fingerprint density at radius 3 is 2.62 bits per heavy atom. The molecule has 0 bridgehead atoms. The van der Waals surface area contributed by atoms with E-state index in [1.165, 1.54) is 12.1 Å². The summed E-state index contributed by atoms with van der Waals surface area (Å²) in [5.74, 6) is -0.285. The minimum atomic E-state index is -0.285. The monoisotopic (exact) mass is 213 g/mol. The zero-order valence-electron chi connectivity index (χ0n) is 8.34. The van der Waals surface area contributed by atoms with Crippen LogP contribution in [-0.4, -0.2) is 15.0 Å². The fourth-order valence-corrected chi connectivity index (χ4v) is 1.65. The third-order valence-corrected chi connectivity index (χ3v) is 2.41. The van der Waals surface area contributed by atoms with Gasteiger partial charge < -0.3 is 0 Å². The van der Waals surface area contributed by atoms with E-state index in [-0.39, 0.29) is 5.82 Å². The molecule has 0 saturated carbocycles. The lowest BCUT2D eigenvalue weighted by molar-refractivity contribution is 0.629. The predicted octanol–water partition coefficient (Wildman–Crippen LogP) is 2.56. The fraction of sp³-hybridized carbons (Fsp3) is 0. The van der Waals surface area contributed by atoms with Gasteiger partial charge in [0.05, 0.1) is 11.2 Å². The normalized spacial score (nSPS) is 10.8. The summed E-state index contributed by atoms with van der Waals surface area (Å²) in [5, 5.41) is 7.99. The summed E-state index contributed by atoms with van der Waals surface area (Å²) in [4.78, 5) is 0. The Balaban J connectivity index is 2.29. The summed E-state index contributed by atoms with van der Waals surface area (Å²) in [7, 11) is 0. The van der Waals surface area contributed by atoms with Crippen LogP contribution >= 0.6 is 0 Å². The van der Waals surface area contributed by atoms with E-state index in [1.807, 2.05) is 30.3 Å². The van der Waals surface area contributed by atoms with Crippen LogP contribution in [0.4, 0.5) is 4.39 Å². The van der Waals surface area contributed by atoms with E-state index in [9.17, 15) is 4.39 Å². The van der Waals surface area contributed by atoms with Crippen molar-refractivity contribution in [1.82, 2.24) is 15.0 Å². The highest BCUT2D eigenvalue weighted by atomic mass is 19.1. The van der Waals surface area contributed by atoms with E-state index in [0.717, 1.165) is 5.69 Å². The topological polar surface area (TPSA) is 30.7 Å². The van der Waals surface area contributed by atoms with Crippen LogP contribution in [-0.2, 0) is 0 Å². The molecule has 3 rings (SSSR count). The van der Waals surface area contributed by atoms with Gasteiger partial charge in [-0.3, -0.25) is 0 Å². The smallest absolute Gasteiger partial charge is 0.125 e. The largest absolute Gasteiger partial charge is 0.213 e. The number of fused-ring (bicyclic) bond motifs is 1. The average molecular weight is 213 g/mol. The van der Waals surface area contributed by atoms with Gasteiger partial charge in [0.2, 0.25) is 0 Å². The number of aromatic nitrogens is 3. The maximum Gasteiger partial charge on any atom is 0.125 e. The summed E-state index contributed by atoms with van der Waals surface area (Å²) in [5.41, 5.74) is 2.23. The number of para-hydroxylation sites is 1. The van der Waals surface area contributed by atoms with Crippen LogP contribution in [0.15, 0.2) is 48.5 Å². The number of hydrogen-bond donors (Lipinski definition) is 0. The molecule has 1 aromatic heterocycles. The molecule has 0 saturated heterocycles. The molecule has 0 unspecified atom stereocenters. The van der Waals surface area contributed by atoms with Gasteiger partial charge in [-0.05, 0) is 24.3 Å². The van der Waals surface area contributed by atoms with Gasteiger partial charge in [0.15, 0.2) is 0 Å². The first-order valence-electron chi connectivity index (χ1n) is 4.91. The third-order valence-electron chi connectivity index (χ3n) is 2.41. The molecule has 0 N–H and O–H groups in total. The lowest BCUT2D eigenvalue weighted by Crippen LogP contribution is -1.95. The Labute approximate surface area is 91.1 Å². The molecule has 2 aromatic carbocycles. The van der Waals surface area contributed by atoms with Crippen molar-refractivity contribution in [2.45, 2.75) is 0 Å². The quantitative estimate of drug-likeness (QED) is 0.622. The molecule has 78 valence electrons. The third kappa shape index (κ3) is 1.35. The van der Waals surface area contributed by atoms with Crippen LogP contribution in [0, 0.1) is 5.82 Å². The van der Waals surface area contributed by atoms with E-state index in [0.29, 0.717) is 11.0 Å². The van der Waals surface area contributed by atoms with Crippen LogP contribution in [0.1, 0.15) is 0 Å². The summed E-state index contributed by atoms with van der Waals surface area (Å²) in [6, 6.07) is 14.0. The second kappa shape index (κ2) is 3.41.